The Morgan fingerprint density at radius 1 is 1.06 bits per heavy atom. The van der Waals surface area contributed by atoms with Crippen LogP contribution in [0.25, 0.3) is 11.5 Å². The number of benzene rings is 2. The molecule has 0 fully saturated rings. The van der Waals surface area contributed by atoms with E-state index in [-0.39, 0.29) is 27.6 Å². The molecule has 1 N–H and O–H groups in total. The minimum Gasteiger partial charge on any atom is -0.497 e. The van der Waals surface area contributed by atoms with E-state index in [9.17, 15) is 14.9 Å². The fraction of sp³-hybridized carbons (Fsp3) is 0.0455. The Morgan fingerprint density at radius 2 is 1.76 bits per heavy atom. The smallest absolute Gasteiger partial charge is 0.283 e. The number of nitrogens with one attached hydrogen (secondary N) is 1. The predicted octanol–water partition coefficient (Wildman–Crippen LogP) is 4.45. The molecule has 170 valence electrons. The van der Waals surface area contributed by atoms with Crippen molar-refractivity contribution < 1.29 is 18.9 Å². The molecular formula is C22H16N6O5S. The van der Waals surface area contributed by atoms with E-state index >= 15 is 0 Å². The number of aromatic nitrogens is 3. The van der Waals surface area contributed by atoms with Crippen LogP contribution in [0.5, 0.6) is 5.75 Å². The van der Waals surface area contributed by atoms with Crippen molar-refractivity contribution in [2.45, 2.75) is 5.22 Å². The van der Waals surface area contributed by atoms with Crippen LogP contribution in [0.4, 0.5) is 11.4 Å². The minimum absolute atomic E-state index is 0.0557. The van der Waals surface area contributed by atoms with E-state index in [1.165, 1.54) is 36.7 Å². The molecule has 0 atom stereocenters. The third-order valence-electron chi connectivity index (χ3n) is 4.43. The molecule has 0 bridgehead atoms. The van der Waals surface area contributed by atoms with Gasteiger partial charge in [0.1, 0.15) is 5.75 Å². The second-order valence-electron chi connectivity index (χ2n) is 6.60. The maximum Gasteiger partial charge on any atom is 0.283 e. The molecule has 0 saturated carbocycles. The fourth-order valence-electron chi connectivity index (χ4n) is 2.70. The number of Topliss-reactive ketones (excluding diaryl/α,β-unsaturated/α-hetero) is 1. The number of carbonyl (C=O) groups excluding carboxylic acids is 1. The zero-order chi connectivity index (χ0) is 23.9. The maximum atomic E-state index is 13.1. The zero-order valence-corrected chi connectivity index (χ0v) is 18.4. The van der Waals surface area contributed by atoms with Crippen LogP contribution >= 0.6 is 11.8 Å². The van der Waals surface area contributed by atoms with Crippen molar-refractivity contribution in [2.24, 2.45) is 5.10 Å². The first-order chi connectivity index (χ1) is 16.5. The third kappa shape index (κ3) is 5.42. The monoisotopic (exact) mass is 476 g/mol. The van der Waals surface area contributed by atoms with Crippen LogP contribution in [0.15, 0.2) is 87.8 Å². The first-order valence-electron chi connectivity index (χ1n) is 9.72. The first-order valence-corrected chi connectivity index (χ1v) is 10.5. The Kier molecular flexibility index (Phi) is 6.89. The van der Waals surface area contributed by atoms with Crippen molar-refractivity contribution in [1.29, 1.82) is 0 Å². The van der Waals surface area contributed by atoms with Gasteiger partial charge in [-0.1, -0.05) is 0 Å². The molecule has 34 heavy (non-hydrogen) atoms. The second-order valence-corrected chi connectivity index (χ2v) is 7.54. The number of rotatable bonds is 8. The van der Waals surface area contributed by atoms with E-state index in [4.69, 9.17) is 9.15 Å². The van der Waals surface area contributed by atoms with Gasteiger partial charge in [0.2, 0.25) is 11.7 Å². The summed E-state index contributed by atoms with van der Waals surface area (Å²) in [5, 5.41) is 23.2. The standard InChI is InChI=1S/C22H16N6O5S/c1-32-18-8-4-16(5-9-18)24-26-21(19(29)14-10-12-23-13-11-14)34-22-27-25-20(33-22)15-2-6-17(7-3-15)28(30)31/h2-13,24H,1H3/b26-21+. The number of carbonyl (C=O) groups is 1. The maximum absolute atomic E-state index is 13.1. The summed E-state index contributed by atoms with van der Waals surface area (Å²) >= 11 is 0.886. The topological polar surface area (TPSA) is 146 Å². The molecule has 0 aliphatic rings. The zero-order valence-electron chi connectivity index (χ0n) is 17.6. The number of hydrazone groups is 1. The number of nitrogens with zero attached hydrogens (tertiary/aromatic N) is 5. The normalized spacial score (nSPS) is 11.1. The molecule has 12 heteroatoms. The highest BCUT2D eigenvalue weighted by Crippen LogP contribution is 2.27. The summed E-state index contributed by atoms with van der Waals surface area (Å²) in [6.45, 7) is 0. The van der Waals surface area contributed by atoms with Crippen molar-refractivity contribution in [2.75, 3.05) is 12.5 Å². The van der Waals surface area contributed by atoms with Crippen LogP contribution < -0.4 is 10.2 Å². The van der Waals surface area contributed by atoms with E-state index < -0.39 is 4.92 Å². The van der Waals surface area contributed by atoms with Gasteiger partial charge in [0.05, 0.1) is 17.7 Å². The van der Waals surface area contributed by atoms with Gasteiger partial charge in [-0.25, -0.2) is 0 Å². The Morgan fingerprint density at radius 3 is 2.41 bits per heavy atom. The summed E-state index contributed by atoms with van der Waals surface area (Å²) in [5.74, 6) is 0.460. The SMILES string of the molecule is COc1ccc(N/N=C(/Sc2nnc(-c3ccc([N+](=O)[O-])cc3)o2)C(=O)c2ccncc2)cc1. The van der Waals surface area contributed by atoms with Crippen molar-refractivity contribution in [3.63, 3.8) is 0 Å². The second kappa shape index (κ2) is 10.4. The van der Waals surface area contributed by atoms with E-state index in [2.05, 4.69) is 25.7 Å². The molecule has 0 saturated heterocycles. The Balaban J connectivity index is 1.57. The van der Waals surface area contributed by atoms with Gasteiger partial charge in [0.15, 0.2) is 5.04 Å². The number of thioether (sulfide) groups is 1. The fourth-order valence-corrected chi connectivity index (χ4v) is 3.37. The number of pyridine rings is 1. The molecule has 0 aliphatic carbocycles. The number of ether oxygens (including phenoxy) is 1. The van der Waals surface area contributed by atoms with Crippen molar-refractivity contribution in [1.82, 2.24) is 15.2 Å². The number of nitro benzene ring substituents is 1. The predicted molar refractivity (Wildman–Crippen MR) is 125 cm³/mol. The van der Waals surface area contributed by atoms with Gasteiger partial charge in [-0.2, -0.15) is 5.10 Å². The summed E-state index contributed by atoms with van der Waals surface area (Å²) in [4.78, 5) is 27.3. The summed E-state index contributed by atoms with van der Waals surface area (Å²) < 4.78 is 10.8. The lowest BCUT2D eigenvalue weighted by Crippen LogP contribution is -2.13. The largest absolute Gasteiger partial charge is 0.497 e. The van der Waals surface area contributed by atoms with E-state index in [0.717, 1.165) is 11.8 Å². The summed E-state index contributed by atoms with van der Waals surface area (Å²) in [7, 11) is 1.57. The number of methoxy groups -OCH3 is 1. The lowest BCUT2D eigenvalue weighted by Gasteiger charge is -2.06. The Hall–Kier alpha value is -4.58. The molecule has 0 radical (unpaired) electrons. The Labute approximate surface area is 197 Å². The van der Waals surface area contributed by atoms with Gasteiger partial charge in [-0.05, 0) is 60.3 Å². The first kappa shape index (κ1) is 22.6. The van der Waals surface area contributed by atoms with Gasteiger partial charge in [-0.3, -0.25) is 25.3 Å². The molecule has 0 amide bonds. The van der Waals surface area contributed by atoms with Gasteiger partial charge in [-0.15, -0.1) is 10.2 Å². The number of non-ortho nitro benzene ring substituents is 1. The average Bonchev–Trinajstić information content (AvgIpc) is 3.35. The summed E-state index contributed by atoms with van der Waals surface area (Å²) in [5.41, 5.74) is 4.31. The van der Waals surface area contributed by atoms with Crippen molar-refractivity contribution in [3.05, 3.63) is 88.7 Å². The molecule has 11 nitrogen and oxygen atoms in total. The minimum atomic E-state index is -0.498. The summed E-state index contributed by atoms with van der Waals surface area (Å²) in [6.07, 6.45) is 3.01. The molecule has 4 rings (SSSR count). The van der Waals surface area contributed by atoms with Crippen LogP contribution in [0.1, 0.15) is 10.4 Å². The number of ketones is 1. The van der Waals surface area contributed by atoms with Crippen molar-refractivity contribution in [3.8, 4) is 17.2 Å². The van der Waals surface area contributed by atoms with Crippen LogP contribution in [0.2, 0.25) is 0 Å². The number of anilines is 1. The molecule has 4 aromatic rings. The van der Waals surface area contributed by atoms with Gasteiger partial charge >= 0.3 is 0 Å². The molecule has 0 spiro atoms. The van der Waals surface area contributed by atoms with E-state index in [0.29, 0.717) is 22.6 Å². The van der Waals surface area contributed by atoms with E-state index in [1.807, 2.05) is 0 Å². The number of hydrogen-bond donors (Lipinski definition) is 1. The van der Waals surface area contributed by atoms with Gasteiger partial charge < -0.3 is 9.15 Å². The highest BCUT2D eigenvalue weighted by molar-refractivity contribution is 8.15. The molecular weight excluding hydrogens is 460 g/mol. The molecule has 0 aliphatic heterocycles. The van der Waals surface area contributed by atoms with Crippen molar-refractivity contribution >= 4 is 34.0 Å². The van der Waals surface area contributed by atoms with Gasteiger partial charge in [0.25, 0.3) is 10.9 Å². The molecule has 0 unspecified atom stereocenters. The molecule has 2 aromatic heterocycles. The van der Waals surface area contributed by atoms with E-state index in [1.54, 1.807) is 43.5 Å². The van der Waals surface area contributed by atoms with Crippen LogP contribution in [-0.2, 0) is 0 Å². The van der Waals surface area contributed by atoms with Crippen LogP contribution in [0, 0.1) is 10.1 Å². The lowest BCUT2D eigenvalue weighted by molar-refractivity contribution is -0.384. The third-order valence-corrected chi connectivity index (χ3v) is 5.24. The highest BCUT2D eigenvalue weighted by atomic mass is 32.2. The highest BCUT2D eigenvalue weighted by Gasteiger charge is 2.20. The Bertz CT molecular complexity index is 1320. The van der Waals surface area contributed by atoms with Crippen LogP contribution in [0.3, 0.4) is 0 Å². The summed E-state index contributed by atoms with van der Waals surface area (Å²) in [6, 6.07) is 15.8. The average molecular weight is 476 g/mol. The molecule has 2 aromatic carbocycles. The number of hydrogen-bond acceptors (Lipinski definition) is 11. The quantitative estimate of drug-likeness (QED) is 0.0966. The van der Waals surface area contributed by atoms with Crippen LogP contribution in [-0.4, -0.2) is 38.0 Å². The molecule has 2 heterocycles. The van der Waals surface area contributed by atoms with Gasteiger partial charge in [0, 0.05) is 35.7 Å². The number of nitro groups is 1. The lowest BCUT2D eigenvalue weighted by atomic mass is 10.2.